The zero-order valence-electron chi connectivity index (χ0n) is 15.6. The quantitative estimate of drug-likeness (QED) is 0.366. The number of carbonyl (C=O) groups is 1. The Kier molecular flexibility index (Phi) is 7.27. The average molecular weight is 474 g/mol. The third-order valence-electron chi connectivity index (χ3n) is 4.02. The molecule has 0 atom stereocenters. The van der Waals surface area contributed by atoms with Gasteiger partial charge in [0, 0.05) is 15.1 Å². The van der Waals surface area contributed by atoms with Crippen molar-refractivity contribution >= 4 is 39.7 Å². The van der Waals surface area contributed by atoms with E-state index in [1.54, 1.807) is 24.4 Å². The normalized spacial score (nSPS) is 10.7. The average Bonchev–Trinajstić information content (AvgIpc) is 2.74. The van der Waals surface area contributed by atoms with Gasteiger partial charge in [-0.1, -0.05) is 45.7 Å². The molecule has 0 heterocycles. The molecule has 0 aromatic heterocycles. The molecule has 3 rings (SSSR count). The molecule has 0 bridgehead atoms. The van der Waals surface area contributed by atoms with Gasteiger partial charge in [0.05, 0.1) is 18.9 Å². The summed E-state index contributed by atoms with van der Waals surface area (Å²) in [4.78, 5) is 12.3. The molecule has 7 heteroatoms. The van der Waals surface area contributed by atoms with E-state index in [9.17, 15) is 4.79 Å². The van der Waals surface area contributed by atoms with Crippen molar-refractivity contribution in [2.24, 2.45) is 5.10 Å². The molecule has 0 radical (unpaired) electrons. The summed E-state index contributed by atoms with van der Waals surface area (Å²) in [6.45, 7) is 0.387. The van der Waals surface area contributed by atoms with Crippen molar-refractivity contribution in [1.29, 1.82) is 0 Å². The molecule has 0 aliphatic carbocycles. The number of benzene rings is 3. The molecule has 0 spiro atoms. The highest BCUT2D eigenvalue weighted by Gasteiger charge is 2.11. The van der Waals surface area contributed by atoms with Gasteiger partial charge in [0.25, 0.3) is 5.91 Å². The van der Waals surface area contributed by atoms with Gasteiger partial charge in [-0.3, -0.25) is 4.79 Å². The molecule has 5 nitrogen and oxygen atoms in total. The van der Waals surface area contributed by atoms with E-state index in [1.807, 2.05) is 48.5 Å². The number of hydrogen-bond donors (Lipinski definition) is 1. The van der Waals surface area contributed by atoms with Crippen LogP contribution in [0.1, 0.15) is 21.5 Å². The van der Waals surface area contributed by atoms with Crippen LogP contribution in [-0.4, -0.2) is 19.2 Å². The number of nitrogens with zero attached hydrogens (tertiary/aromatic N) is 1. The molecule has 0 saturated carbocycles. The van der Waals surface area contributed by atoms with Crippen molar-refractivity contribution in [2.45, 2.75) is 6.61 Å². The van der Waals surface area contributed by atoms with Gasteiger partial charge < -0.3 is 9.47 Å². The molecular weight excluding hydrogens is 456 g/mol. The fourth-order valence-corrected chi connectivity index (χ4v) is 3.06. The van der Waals surface area contributed by atoms with Crippen molar-refractivity contribution in [3.8, 4) is 11.5 Å². The molecule has 0 aliphatic heterocycles. The number of nitrogens with one attached hydrogen (secondary N) is 1. The molecule has 148 valence electrons. The highest BCUT2D eigenvalue weighted by atomic mass is 79.9. The van der Waals surface area contributed by atoms with Crippen LogP contribution in [0.2, 0.25) is 5.02 Å². The van der Waals surface area contributed by atoms with Crippen molar-refractivity contribution < 1.29 is 14.3 Å². The molecule has 0 saturated heterocycles. The van der Waals surface area contributed by atoms with Crippen LogP contribution in [0.3, 0.4) is 0 Å². The fourth-order valence-electron chi connectivity index (χ4n) is 2.51. The van der Waals surface area contributed by atoms with Gasteiger partial charge in [-0.2, -0.15) is 5.10 Å². The molecule has 0 unspecified atom stereocenters. The van der Waals surface area contributed by atoms with Crippen LogP contribution in [0, 0.1) is 0 Å². The topological polar surface area (TPSA) is 59.9 Å². The lowest BCUT2D eigenvalue weighted by Crippen LogP contribution is -2.18. The van der Waals surface area contributed by atoms with Gasteiger partial charge in [0.2, 0.25) is 0 Å². The Morgan fingerprint density at radius 3 is 2.62 bits per heavy atom. The molecule has 29 heavy (non-hydrogen) atoms. The maximum absolute atomic E-state index is 12.3. The smallest absolute Gasteiger partial charge is 0.275 e. The number of hydrogen-bond acceptors (Lipinski definition) is 4. The first kappa shape index (κ1) is 20.9. The predicted molar refractivity (Wildman–Crippen MR) is 118 cm³/mol. The lowest BCUT2D eigenvalue weighted by atomic mass is 10.2. The number of rotatable bonds is 7. The second-order valence-electron chi connectivity index (χ2n) is 5.99. The number of ether oxygens (including phenoxy) is 2. The highest BCUT2D eigenvalue weighted by molar-refractivity contribution is 9.10. The van der Waals surface area contributed by atoms with Crippen molar-refractivity contribution in [2.75, 3.05) is 7.11 Å². The monoisotopic (exact) mass is 472 g/mol. The number of carbonyl (C=O) groups excluding carboxylic acids is 1. The van der Waals surface area contributed by atoms with E-state index in [4.69, 9.17) is 21.1 Å². The minimum Gasteiger partial charge on any atom is -0.496 e. The SMILES string of the molecule is COc1ccc(Br)cc1C(=O)N/N=C\c1ccc(OCc2ccccc2Cl)cc1. The molecule has 1 amide bonds. The van der Waals surface area contributed by atoms with Crippen molar-refractivity contribution in [1.82, 2.24) is 5.43 Å². The summed E-state index contributed by atoms with van der Waals surface area (Å²) < 4.78 is 11.7. The van der Waals surface area contributed by atoms with E-state index in [0.29, 0.717) is 28.7 Å². The van der Waals surface area contributed by atoms with Gasteiger partial charge >= 0.3 is 0 Å². The molecule has 3 aromatic rings. The maximum atomic E-state index is 12.3. The van der Waals surface area contributed by atoms with Crippen LogP contribution in [0.15, 0.2) is 76.3 Å². The second-order valence-corrected chi connectivity index (χ2v) is 7.32. The van der Waals surface area contributed by atoms with Crippen LogP contribution in [-0.2, 0) is 6.61 Å². The summed E-state index contributed by atoms with van der Waals surface area (Å²) in [7, 11) is 1.51. The van der Waals surface area contributed by atoms with E-state index in [2.05, 4.69) is 26.5 Å². The van der Waals surface area contributed by atoms with Crippen molar-refractivity contribution in [3.05, 3.63) is 92.9 Å². The van der Waals surface area contributed by atoms with Gasteiger partial charge in [-0.05, 0) is 54.1 Å². The number of hydrazone groups is 1. The Balaban J connectivity index is 1.57. The van der Waals surface area contributed by atoms with E-state index in [0.717, 1.165) is 15.6 Å². The Bertz CT molecular complexity index is 1020. The van der Waals surface area contributed by atoms with Gasteiger partial charge in [0.15, 0.2) is 0 Å². The van der Waals surface area contributed by atoms with Crippen LogP contribution in [0.4, 0.5) is 0 Å². The molecule has 3 aromatic carbocycles. The number of amides is 1. The Morgan fingerprint density at radius 2 is 1.90 bits per heavy atom. The van der Waals surface area contributed by atoms with Crippen molar-refractivity contribution in [3.63, 3.8) is 0 Å². The molecule has 0 fully saturated rings. The minimum atomic E-state index is -0.362. The first-order valence-corrected chi connectivity index (χ1v) is 9.87. The van der Waals surface area contributed by atoms with E-state index in [-0.39, 0.29) is 5.91 Å². The maximum Gasteiger partial charge on any atom is 0.275 e. The third kappa shape index (κ3) is 5.82. The molecule has 1 N–H and O–H groups in total. The van der Waals surface area contributed by atoms with E-state index >= 15 is 0 Å². The largest absolute Gasteiger partial charge is 0.496 e. The zero-order chi connectivity index (χ0) is 20.6. The summed E-state index contributed by atoms with van der Waals surface area (Å²) in [6, 6.07) is 20.1. The van der Waals surface area contributed by atoms with Crippen LogP contribution < -0.4 is 14.9 Å². The lowest BCUT2D eigenvalue weighted by molar-refractivity contribution is 0.0952. The van der Waals surface area contributed by atoms with Crippen LogP contribution in [0.5, 0.6) is 11.5 Å². The second kappa shape index (κ2) is 10.1. The summed E-state index contributed by atoms with van der Waals surface area (Å²) >= 11 is 9.47. The van der Waals surface area contributed by atoms with Gasteiger partial charge in [-0.15, -0.1) is 0 Å². The Labute approximate surface area is 182 Å². The lowest BCUT2D eigenvalue weighted by Gasteiger charge is -2.08. The Morgan fingerprint density at radius 1 is 1.14 bits per heavy atom. The summed E-state index contributed by atoms with van der Waals surface area (Å²) in [6.07, 6.45) is 1.56. The van der Waals surface area contributed by atoms with Gasteiger partial charge in [-0.25, -0.2) is 5.43 Å². The molecule has 0 aliphatic rings. The van der Waals surface area contributed by atoms with Crippen LogP contribution >= 0.6 is 27.5 Å². The number of halogens is 2. The van der Waals surface area contributed by atoms with E-state index in [1.165, 1.54) is 7.11 Å². The fraction of sp³-hybridized carbons (Fsp3) is 0.0909. The summed E-state index contributed by atoms with van der Waals surface area (Å²) in [5.74, 6) is 0.824. The van der Waals surface area contributed by atoms with E-state index < -0.39 is 0 Å². The first-order chi connectivity index (χ1) is 14.1. The summed E-state index contributed by atoms with van der Waals surface area (Å²) in [5.41, 5.74) is 4.63. The van der Waals surface area contributed by atoms with Gasteiger partial charge in [0.1, 0.15) is 18.1 Å². The Hall–Kier alpha value is -2.83. The molecular formula is C22H18BrClN2O3. The predicted octanol–water partition coefficient (Wildman–Crippen LogP) is 5.45. The first-order valence-electron chi connectivity index (χ1n) is 8.70. The van der Waals surface area contributed by atoms with Crippen LogP contribution in [0.25, 0.3) is 0 Å². The summed E-state index contributed by atoms with van der Waals surface area (Å²) in [5, 5.41) is 4.68. The number of methoxy groups -OCH3 is 1. The standard InChI is InChI=1S/C22H18BrClN2O3/c1-28-21-11-8-17(23)12-19(21)22(27)26-25-13-15-6-9-18(10-7-15)29-14-16-4-2-3-5-20(16)24/h2-13H,14H2,1H3,(H,26,27)/b25-13-. The highest BCUT2D eigenvalue weighted by Crippen LogP contribution is 2.23. The zero-order valence-corrected chi connectivity index (χ0v) is 17.9. The minimum absolute atomic E-state index is 0.362. The third-order valence-corrected chi connectivity index (χ3v) is 4.88.